The van der Waals surface area contributed by atoms with Crippen LogP contribution in [0.1, 0.15) is 26.7 Å². The summed E-state index contributed by atoms with van der Waals surface area (Å²) >= 11 is 11.9. The minimum Gasteiger partial charge on any atom is -0.481 e. The number of aliphatic carboxylic acids is 1. The van der Waals surface area contributed by atoms with Crippen LogP contribution in [0.3, 0.4) is 0 Å². The third kappa shape index (κ3) is 5.81. The summed E-state index contributed by atoms with van der Waals surface area (Å²) in [4.78, 5) is 24.4. The van der Waals surface area contributed by atoms with E-state index < -0.39 is 5.97 Å². The van der Waals surface area contributed by atoms with Crippen LogP contribution in [0.4, 0.5) is 10.5 Å². The highest BCUT2D eigenvalue weighted by Gasteiger charge is 2.18. The summed E-state index contributed by atoms with van der Waals surface area (Å²) in [6, 6.07) is 4.41. The second-order valence-electron chi connectivity index (χ2n) is 4.84. The predicted octanol–water partition coefficient (Wildman–Crippen LogP) is 4.10. The fourth-order valence-corrected chi connectivity index (χ4v) is 2.11. The van der Waals surface area contributed by atoms with Gasteiger partial charge in [0.05, 0.1) is 10.7 Å². The lowest BCUT2D eigenvalue weighted by Gasteiger charge is -2.27. The molecule has 7 heteroatoms. The van der Waals surface area contributed by atoms with Crippen molar-refractivity contribution < 1.29 is 14.7 Å². The van der Waals surface area contributed by atoms with Crippen LogP contribution in [-0.4, -0.2) is 34.6 Å². The van der Waals surface area contributed by atoms with Crippen molar-refractivity contribution in [1.82, 2.24) is 4.90 Å². The molecule has 0 saturated carbocycles. The number of anilines is 1. The molecule has 0 radical (unpaired) electrons. The summed E-state index contributed by atoms with van der Waals surface area (Å²) in [5, 5.41) is 12.2. The molecule has 5 nitrogen and oxygen atoms in total. The molecule has 0 aliphatic heterocycles. The Kier molecular flexibility index (Phi) is 6.78. The number of hydrogen-bond acceptors (Lipinski definition) is 2. The van der Waals surface area contributed by atoms with Crippen LogP contribution in [0.25, 0.3) is 0 Å². The van der Waals surface area contributed by atoms with Gasteiger partial charge in [0, 0.05) is 24.0 Å². The van der Waals surface area contributed by atoms with Gasteiger partial charge in [0.15, 0.2) is 0 Å². The third-order valence-electron chi connectivity index (χ3n) is 2.84. The highest BCUT2D eigenvalue weighted by molar-refractivity contribution is 6.35. The van der Waals surface area contributed by atoms with E-state index in [1.54, 1.807) is 23.1 Å². The zero-order chi connectivity index (χ0) is 16.0. The van der Waals surface area contributed by atoms with E-state index in [4.69, 9.17) is 28.3 Å². The van der Waals surface area contributed by atoms with Crippen molar-refractivity contribution in [2.75, 3.05) is 11.9 Å². The maximum absolute atomic E-state index is 12.3. The van der Waals surface area contributed by atoms with E-state index in [0.29, 0.717) is 28.7 Å². The van der Waals surface area contributed by atoms with Crippen LogP contribution >= 0.6 is 23.2 Å². The Hall–Kier alpha value is -1.46. The predicted molar refractivity (Wildman–Crippen MR) is 84.2 cm³/mol. The summed E-state index contributed by atoms with van der Waals surface area (Å²) in [6.07, 6.45) is 0.415. The maximum Gasteiger partial charge on any atom is 0.322 e. The molecule has 0 aliphatic carbocycles. The summed E-state index contributed by atoms with van der Waals surface area (Å²) in [7, 11) is 0. The number of carbonyl (C=O) groups is 2. The van der Waals surface area contributed by atoms with Gasteiger partial charge in [-0.15, -0.1) is 0 Å². The van der Waals surface area contributed by atoms with Crippen molar-refractivity contribution in [2.24, 2.45) is 0 Å². The molecule has 0 aliphatic rings. The van der Waals surface area contributed by atoms with Crippen molar-refractivity contribution in [2.45, 2.75) is 32.7 Å². The van der Waals surface area contributed by atoms with Gasteiger partial charge in [0.2, 0.25) is 0 Å². The molecule has 0 spiro atoms. The van der Waals surface area contributed by atoms with Gasteiger partial charge in [0.1, 0.15) is 0 Å². The summed E-state index contributed by atoms with van der Waals surface area (Å²) in [6.45, 7) is 4.08. The van der Waals surface area contributed by atoms with E-state index in [-0.39, 0.29) is 18.5 Å². The summed E-state index contributed by atoms with van der Waals surface area (Å²) in [5.74, 6) is -0.878. The van der Waals surface area contributed by atoms with Crippen LogP contribution < -0.4 is 5.32 Å². The Morgan fingerprint density at radius 1 is 1.33 bits per heavy atom. The maximum atomic E-state index is 12.3. The topological polar surface area (TPSA) is 69.6 Å². The van der Waals surface area contributed by atoms with Crippen molar-refractivity contribution in [3.05, 3.63) is 28.2 Å². The number of amides is 2. The lowest BCUT2D eigenvalue weighted by Crippen LogP contribution is -2.40. The quantitative estimate of drug-likeness (QED) is 0.823. The third-order valence-corrected chi connectivity index (χ3v) is 3.41. The fraction of sp³-hybridized carbons (Fsp3) is 0.429. The largest absolute Gasteiger partial charge is 0.481 e. The first-order valence-corrected chi connectivity index (χ1v) is 7.31. The number of carbonyl (C=O) groups excluding carboxylic acids is 1. The highest BCUT2D eigenvalue weighted by atomic mass is 35.5. The lowest BCUT2D eigenvalue weighted by atomic mass is 10.2. The molecule has 0 saturated heterocycles. The standard InChI is InChI=1S/C14H18Cl2N2O3/c1-9(2)18(7-3-4-13(19)20)14(21)17-12-8-10(15)5-6-11(12)16/h5-6,8-9H,3-4,7H2,1-2H3,(H,17,21)(H,19,20). The Balaban J connectivity index is 2.72. The minimum atomic E-state index is -0.878. The molecule has 116 valence electrons. The van der Waals surface area contributed by atoms with E-state index in [2.05, 4.69) is 5.32 Å². The number of urea groups is 1. The Morgan fingerprint density at radius 3 is 2.57 bits per heavy atom. The second-order valence-corrected chi connectivity index (χ2v) is 5.68. The van der Waals surface area contributed by atoms with E-state index in [1.165, 1.54) is 0 Å². The normalized spacial score (nSPS) is 10.5. The van der Waals surface area contributed by atoms with Crippen LogP contribution in [0.5, 0.6) is 0 Å². The van der Waals surface area contributed by atoms with Gasteiger partial charge in [-0.05, 0) is 38.5 Å². The number of carboxylic acid groups (broad SMARTS) is 1. The highest BCUT2D eigenvalue weighted by Crippen LogP contribution is 2.25. The van der Waals surface area contributed by atoms with Crippen LogP contribution in [0.2, 0.25) is 10.0 Å². The summed E-state index contributed by atoms with van der Waals surface area (Å²) < 4.78 is 0. The van der Waals surface area contributed by atoms with E-state index in [1.807, 2.05) is 13.8 Å². The molecular weight excluding hydrogens is 315 g/mol. The molecule has 0 heterocycles. The molecule has 1 aromatic carbocycles. The van der Waals surface area contributed by atoms with Crippen molar-refractivity contribution in [3.8, 4) is 0 Å². The number of rotatable bonds is 6. The number of hydrogen-bond donors (Lipinski definition) is 2. The number of carboxylic acids is 1. The Bertz CT molecular complexity index is 521. The fourth-order valence-electron chi connectivity index (χ4n) is 1.78. The first-order chi connectivity index (χ1) is 9.81. The van der Waals surface area contributed by atoms with Gasteiger partial charge < -0.3 is 15.3 Å². The van der Waals surface area contributed by atoms with E-state index >= 15 is 0 Å². The second kappa shape index (κ2) is 8.10. The molecule has 21 heavy (non-hydrogen) atoms. The SMILES string of the molecule is CC(C)N(CCCC(=O)O)C(=O)Nc1cc(Cl)ccc1Cl. The molecule has 0 fully saturated rings. The van der Waals surface area contributed by atoms with Crippen molar-refractivity contribution >= 4 is 40.9 Å². The zero-order valence-corrected chi connectivity index (χ0v) is 13.4. The lowest BCUT2D eigenvalue weighted by molar-refractivity contribution is -0.137. The zero-order valence-electron chi connectivity index (χ0n) is 11.9. The molecule has 2 N–H and O–H groups in total. The molecule has 0 aromatic heterocycles. The number of nitrogens with zero attached hydrogens (tertiary/aromatic N) is 1. The molecule has 1 aromatic rings. The van der Waals surface area contributed by atoms with Gasteiger partial charge >= 0.3 is 12.0 Å². The number of benzene rings is 1. The summed E-state index contributed by atoms with van der Waals surface area (Å²) in [5.41, 5.74) is 0.429. The smallest absolute Gasteiger partial charge is 0.322 e. The molecule has 0 atom stereocenters. The Labute approximate surface area is 133 Å². The average molecular weight is 333 g/mol. The van der Waals surface area contributed by atoms with Crippen LogP contribution in [0.15, 0.2) is 18.2 Å². The van der Waals surface area contributed by atoms with Gasteiger partial charge in [-0.2, -0.15) is 0 Å². The first kappa shape index (κ1) is 17.6. The molecule has 0 unspecified atom stereocenters. The average Bonchev–Trinajstić information content (AvgIpc) is 2.38. The minimum absolute atomic E-state index is 0.0222. The van der Waals surface area contributed by atoms with Gasteiger partial charge in [0.25, 0.3) is 0 Å². The van der Waals surface area contributed by atoms with Gasteiger partial charge in [-0.3, -0.25) is 4.79 Å². The molecular formula is C14H18Cl2N2O3. The van der Waals surface area contributed by atoms with Crippen LogP contribution in [-0.2, 0) is 4.79 Å². The Morgan fingerprint density at radius 2 is 2.00 bits per heavy atom. The molecule has 0 bridgehead atoms. The van der Waals surface area contributed by atoms with Crippen molar-refractivity contribution in [3.63, 3.8) is 0 Å². The van der Waals surface area contributed by atoms with E-state index in [0.717, 1.165) is 0 Å². The van der Waals surface area contributed by atoms with Gasteiger partial charge in [-0.1, -0.05) is 23.2 Å². The van der Waals surface area contributed by atoms with Crippen LogP contribution in [0, 0.1) is 0 Å². The number of nitrogens with one attached hydrogen (secondary N) is 1. The molecule has 2 amide bonds. The molecule has 1 rings (SSSR count). The van der Waals surface area contributed by atoms with Gasteiger partial charge in [-0.25, -0.2) is 4.79 Å². The van der Waals surface area contributed by atoms with Crippen molar-refractivity contribution in [1.29, 1.82) is 0 Å². The first-order valence-electron chi connectivity index (χ1n) is 6.55. The van der Waals surface area contributed by atoms with E-state index in [9.17, 15) is 9.59 Å². The monoisotopic (exact) mass is 332 g/mol. The number of halogens is 2.